The fraction of sp³-hybridized carbons (Fsp3) is 0.0625. The van der Waals surface area contributed by atoms with Gasteiger partial charge in [0.1, 0.15) is 11.6 Å². The molecule has 0 fully saturated rings. The van der Waals surface area contributed by atoms with Crippen molar-refractivity contribution in [1.82, 2.24) is 10.9 Å². The summed E-state index contributed by atoms with van der Waals surface area (Å²) in [4.78, 5) is 35.0. The van der Waals surface area contributed by atoms with Crippen LogP contribution in [0.3, 0.4) is 0 Å². The molecule has 9 heteroatoms. The zero-order valence-electron chi connectivity index (χ0n) is 12.5. The summed E-state index contributed by atoms with van der Waals surface area (Å²) in [5, 5.41) is -0.168. The Hall–Kier alpha value is -3.00. The molecule has 0 saturated carbocycles. The van der Waals surface area contributed by atoms with Crippen LogP contribution < -0.4 is 10.9 Å². The van der Waals surface area contributed by atoms with Gasteiger partial charge in [-0.05, 0) is 30.3 Å². The number of esters is 1. The van der Waals surface area contributed by atoms with Crippen molar-refractivity contribution in [2.45, 2.75) is 0 Å². The Kier molecular flexibility index (Phi) is 6.02. The molecule has 0 saturated heterocycles. The minimum absolute atomic E-state index is 0.119. The fourth-order valence-corrected chi connectivity index (χ4v) is 1.98. The summed E-state index contributed by atoms with van der Waals surface area (Å²) in [5.74, 6) is -4.07. The summed E-state index contributed by atoms with van der Waals surface area (Å²) >= 11 is 5.69. The Balaban J connectivity index is 1.83. The predicted octanol–water partition coefficient (Wildman–Crippen LogP) is 2.24. The van der Waals surface area contributed by atoms with Gasteiger partial charge >= 0.3 is 5.97 Å². The summed E-state index contributed by atoms with van der Waals surface area (Å²) < 4.78 is 31.0. The first-order chi connectivity index (χ1) is 11.9. The zero-order valence-corrected chi connectivity index (χ0v) is 13.3. The normalized spacial score (nSPS) is 10.0. The molecular formula is C16H11ClF2N2O4. The first kappa shape index (κ1) is 18.3. The maximum absolute atomic E-state index is 13.4. The van der Waals surface area contributed by atoms with Gasteiger partial charge in [-0.2, -0.15) is 0 Å². The van der Waals surface area contributed by atoms with Gasteiger partial charge in [-0.1, -0.05) is 23.7 Å². The quantitative estimate of drug-likeness (QED) is 0.640. The molecule has 2 N–H and O–H groups in total. The van der Waals surface area contributed by atoms with Crippen LogP contribution in [0.25, 0.3) is 0 Å². The number of hydrogen-bond donors (Lipinski definition) is 2. The smallest absolute Gasteiger partial charge is 0.340 e. The van der Waals surface area contributed by atoms with Crippen molar-refractivity contribution >= 4 is 29.4 Å². The standard InChI is InChI=1S/C16H11ClF2N2O4/c17-12-7-9(18)5-6-10(12)16(24)25-8-14(22)20-21-15(23)11-3-1-2-4-13(11)19/h1-7H,8H2,(H,20,22)(H,21,23). The highest BCUT2D eigenvalue weighted by molar-refractivity contribution is 6.33. The van der Waals surface area contributed by atoms with E-state index in [4.69, 9.17) is 11.6 Å². The first-order valence-corrected chi connectivity index (χ1v) is 7.22. The number of benzene rings is 2. The van der Waals surface area contributed by atoms with Crippen LogP contribution in [0.15, 0.2) is 42.5 Å². The Labute approximate surface area is 145 Å². The molecule has 25 heavy (non-hydrogen) atoms. The highest BCUT2D eigenvalue weighted by Crippen LogP contribution is 2.18. The highest BCUT2D eigenvalue weighted by atomic mass is 35.5. The van der Waals surface area contributed by atoms with Crippen molar-refractivity contribution < 1.29 is 27.9 Å². The zero-order chi connectivity index (χ0) is 18.4. The highest BCUT2D eigenvalue weighted by Gasteiger charge is 2.15. The Morgan fingerprint density at radius 3 is 2.40 bits per heavy atom. The summed E-state index contributed by atoms with van der Waals surface area (Å²) in [7, 11) is 0. The molecule has 0 aliphatic carbocycles. The molecule has 2 aromatic rings. The Bertz CT molecular complexity index is 830. The number of nitrogens with one attached hydrogen (secondary N) is 2. The SMILES string of the molecule is O=C(COC(=O)c1ccc(F)cc1Cl)NNC(=O)c1ccccc1F. The van der Waals surface area contributed by atoms with E-state index in [1.165, 1.54) is 18.2 Å². The monoisotopic (exact) mass is 368 g/mol. The van der Waals surface area contributed by atoms with Crippen LogP contribution in [-0.4, -0.2) is 24.4 Å². The molecule has 0 bridgehead atoms. The second kappa shape index (κ2) is 8.20. The summed E-state index contributed by atoms with van der Waals surface area (Å²) in [5.41, 5.74) is 3.55. The van der Waals surface area contributed by atoms with Crippen LogP contribution in [0, 0.1) is 11.6 Å². The van der Waals surface area contributed by atoms with E-state index in [0.29, 0.717) is 0 Å². The van der Waals surface area contributed by atoms with E-state index in [1.54, 1.807) is 0 Å². The lowest BCUT2D eigenvalue weighted by atomic mass is 10.2. The van der Waals surface area contributed by atoms with Crippen molar-refractivity contribution in [3.63, 3.8) is 0 Å². The molecule has 0 aliphatic heterocycles. The molecule has 2 amide bonds. The van der Waals surface area contributed by atoms with Gasteiger partial charge in [-0.25, -0.2) is 13.6 Å². The summed E-state index contributed by atoms with van der Waals surface area (Å²) in [6, 6.07) is 8.22. The van der Waals surface area contributed by atoms with Gasteiger partial charge in [0.2, 0.25) is 0 Å². The number of carbonyl (C=O) groups excluding carboxylic acids is 3. The third-order valence-electron chi connectivity index (χ3n) is 2.92. The average molecular weight is 369 g/mol. The van der Waals surface area contributed by atoms with Gasteiger partial charge in [0.05, 0.1) is 16.1 Å². The van der Waals surface area contributed by atoms with Crippen molar-refractivity contribution in [2.24, 2.45) is 0 Å². The molecule has 0 unspecified atom stereocenters. The second-order valence-electron chi connectivity index (χ2n) is 4.68. The van der Waals surface area contributed by atoms with Crippen molar-refractivity contribution in [3.05, 3.63) is 70.2 Å². The number of ether oxygens (including phenoxy) is 1. The van der Waals surface area contributed by atoms with Crippen molar-refractivity contribution in [3.8, 4) is 0 Å². The largest absolute Gasteiger partial charge is 0.452 e. The molecule has 0 heterocycles. The minimum atomic E-state index is -0.944. The van der Waals surface area contributed by atoms with Crippen LogP contribution in [0.5, 0.6) is 0 Å². The number of hydrogen-bond acceptors (Lipinski definition) is 4. The van der Waals surface area contributed by atoms with E-state index in [0.717, 1.165) is 24.3 Å². The van der Waals surface area contributed by atoms with Crippen molar-refractivity contribution in [1.29, 1.82) is 0 Å². The number of rotatable bonds is 4. The number of hydrazine groups is 1. The van der Waals surface area contributed by atoms with Gasteiger partial charge in [0.25, 0.3) is 11.8 Å². The molecule has 0 aliphatic rings. The average Bonchev–Trinajstić information content (AvgIpc) is 2.58. The molecule has 0 spiro atoms. The molecule has 0 radical (unpaired) electrons. The van der Waals surface area contributed by atoms with Crippen LogP contribution in [-0.2, 0) is 9.53 Å². The Morgan fingerprint density at radius 2 is 1.72 bits per heavy atom. The number of amides is 2. The van der Waals surface area contributed by atoms with Gasteiger partial charge < -0.3 is 4.74 Å². The molecule has 2 rings (SSSR count). The summed E-state index contributed by atoms with van der Waals surface area (Å²) in [6.07, 6.45) is 0. The molecule has 130 valence electrons. The topological polar surface area (TPSA) is 84.5 Å². The van der Waals surface area contributed by atoms with Gasteiger partial charge in [0.15, 0.2) is 6.61 Å². The van der Waals surface area contributed by atoms with Crippen molar-refractivity contribution in [2.75, 3.05) is 6.61 Å². The summed E-state index contributed by atoms with van der Waals surface area (Å²) in [6.45, 7) is -0.732. The van der Waals surface area contributed by atoms with Gasteiger partial charge in [-0.3, -0.25) is 20.4 Å². The predicted molar refractivity (Wildman–Crippen MR) is 83.7 cm³/mol. The molecule has 2 aromatic carbocycles. The van der Waals surface area contributed by atoms with E-state index in [-0.39, 0.29) is 16.1 Å². The van der Waals surface area contributed by atoms with Crippen LogP contribution in [0.1, 0.15) is 20.7 Å². The van der Waals surface area contributed by atoms with E-state index in [1.807, 2.05) is 10.9 Å². The number of carbonyl (C=O) groups is 3. The van der Waals surface area contributed by atoms with E-state index in [2.05, 4.69) is 4.74 Å². The van der Waals surface area contributed by atoms with Gasteiger partial charge in [0, 0.05) is 0 Å². The third-order valence-corrected chi connectivity index (χ3v) is 3.23. The molecule has 0 aromatic heterocycles. The minimum Gasteiger partial charge on any atom is -0.452 e. The van der Waals surface area contributed by atoms with E-state index >= 15 is 0 Å². The van der Waals surface area contributed by atoms with E-state index < -0.39 is 36.0 Å². The third kappa shape index (κ3) is 4.98. The first-order valence-electron chi connectivity index (χ1n) is 6.84. The maximum Gasteiger partial charge on any atom is 0.340 e. The fourth-order valence-electron chi connectivity index (χ4n) is 1.74. The lowest BCUT2D eigenvalue weighted by molar-refractivity contribution is -0.125. The molecule has 0 atom stereocenters. The van der Waals surface area contributed by atoms with Crippen LogP contribution in [0.4, 0.5) is 8.78 Å². The van der Waals surface area contributed by atoms with Crippen LogP contribution in [0.2, 0.25) is 5.02 Å². The molecule has 6 nitrogen and oxygen atoms in total. The molecular weight excluding hydrogens is 358 g/mol. The lowest BCUT2D eigenvalue weighted by Crippen LogP contribution is -2.43. The van der Waals surface area contributed by atoms with Gasteiger partial charge in [-0.15, -0.1) is 0 Å². The van der Waals surface area contributed by atoms with Crippen LogP contribution >= 0.6 is 11.6 Å². The second-order valence-corrected chi connectivity index (χ2v) is 5.09. The number of halogens is 3. The maximum atomic E-state index is 13.4. The Morgan fingerprint density at radius 1 is 1.00 bits per heavy atom. The lowest BCUT2D eigenvalue weighted by Gasteiger charge is -2.09. The van der Waals surface area contributed by atoms with E-state index in [9.17, 15) is 23.2 Å².